The predicted octanol–water partition coefficient (Wildman–Crippen LogP) is 3.39. The highest BCUT2D eigenvalue weighted by molar-refractivity contribution is 6.07. The lowest BCUT2D eigenvalue weighted by Gasteiger charge is -2.22. The van der Waals surface area contributed by atoms with Gasteiger partial charge in [0, 0.05) is 43.7 Å². The highest BCUT2D eigenvalue weighted by Gasteiger charge is 2.38. The summed E-state index contributed by atoms with van der Waals surface area (Å²) >= 11 is 0. The van der Waals surface area contributed by atoms with Crippen molar-refractivity contribution in [3.05, 3.63) is 88.7 Å². The molecule has 0 saturated carbocycles. The number of carbonyl (C=O) groups is 2. The van der Waals surface area contributed by atoms with E-state index in [1.165, 1.54) is 15.6 Å². The summed E-state index contributed by atoms with van der Waals surface area (Å²) in [6, 6.07) is 16.3. The number of aryl methyl sites for hydroxylation is 1. The van der Waals surface area contributed by atoms with E-state index in [9.17, 15) is 14.4 Å². The second-order valence-corrected chi connectivity index (χ2v) is 9.24. The topological polar surface area (TPSA) is 105 Å². The average Bonchev–Trinajstić information content (AvgIpc) is 3.44. The van der Waals surface area contributed by atoms with Crippen molar-refractivity contribution in [3.8, 4) is 16.8 Å². The molecule has 10 nitrogen and oxygen atoms in total. The SMILES string of the molecule is CCc1c(-c2ccc(-n3ncn(C)c3=O)cc2)ccnc1N1C[C@@H](C)N(c2cccc(C(=O)NC)c2)C1=O. The molecular weight excluding hydrogens is 482 g/mol. The van der Waals surface area contributed by atoms with E-state index in [0.717, 1.165) is 16.7 Å². The quantitative estimate of drug-likeness (QED) is 0.427. The van der Waals surface area contributed by atoms with E-state index in [-0.39, 0.29) is 23.7 Å². The Morgan fingerprint density at radius 3 is 2.50 bits per heavy atom. The molecule has 5 rings (SSSR count). The van der Waals surface area contributed by atoms with Crippen molar-refractivity contribution < 1.29 is 9.59 Å². The third-order valence-electron chi connectivity index (χ3n) is 6.83. The van der Waals surface area contributed by atoms with Crippen LogP contribution in [0.25, 0.3) is 16.8 Å². The summed E-state index contributed by atoms with van der Waals surface area (Å²) in [5.74, 6) is 0.418. The Labute approximate surface area is 220 Å². The second-order valence-electron chi connectivity index (χ2n) is 9.24. The van der Waals surface area contributed by atoms with Gasteiger partial charge in [0.05, 0.1) is 11.7 Å². The fourth-order valence-corrected chi connectivity index (χ4v) is 4.90. The van der Waals surface area contributed by atoms with Crippen molar-refractivity contribution >= 4 is 23.4 Å². The minimum atomic E-state index is -0.217. The summed E-state index contributed by atoms with van der Waals surface area (Å²) in [5.41, 5.74) is 4.49. The number of nitrogens with one attached hydrogen (secondary N) is 1. The molecular formula is C28H29N7O3. The first-order valence-electron chi connectivity index (χ1n) is 12.5. The number of amides is 3. The molecule has 3 heterocycles. The van der Waals surface area contributed by atoms with Crippen LogP contribution in [0.1, 0.15) is 29.8 Å². The number of carbonyl (C=O) groups excluding carboxylic acids is 2. The maximum atomic E-state index is 13.7. The molecule has 3 amide bonds. The maximum Gasteiger partial charge on any atom is 0.350 e. The summed E-state index contributed by atoms with van der Waals surface area (Å²) in [4.78, 5) is 46.1. The molecule has 10 heteroatoms. The van der Waals surface area contributed by atoms with Gasteiger partial charge in [-0.15, -0.1) is 0 Å². The first-order chi connectivity index (χ1) is 18.3. The molecule has 0 aliphatic carbocycles. The Hall–Kier alpha value is -4.73. The molecule has 2 aromatic carbocycles. The van der Waals surface area contributed by atoms with Crippen LogP contribution in [0.3, 0.4) is 0 Å². The normalized spacial score (nSPS) is 15.3. The smallest absolute Gasteiger partial charge is 0.350 e. The third-order valence-corrected chi connectivity index (χ3v) is 6.83. The zero-order valence-corrected chi connectivity index (χ0v) is 21.8. The van der Waals surface area contributed by atoms with Crippen molar-refractivity contribution in [2.45, 2.75) is 26.3 Å². The van der Waals surface area contributed by atoms with Crippen molar-refractivity contribution in [2.75, 3.05) is 23.4 Å². The highest BCUT2D eigenvalue weighted by atomic mass is 16.2. The summed E-state index contributed by atoms with van der Waals surface area (Å²) in [5, 5.41) is 6.77. The minimum Gasteiger partial charge on any atom is -0.355 e. The molecule has 38 heavy (non-hydrogen) atoms. The number of benzene rings is 2. The average molecular weight is 512 g/mol. The Kier molecular flexibility index (Phi) is 6.54. The summed E-state index contributed by atoms with van der Waals surface area (Å²) in [6.45, 7) is 4.49. The lowest BCUT2D eigenvalue weighted by Crippen LogP contribution is -2.34. The van der Waals surface area contributed by atoms with Crippen LogP contribution in [0.4, 0.5) is 16.3 Å². The van der Waals surface area contributed by atoms with Crippen LogP contribution < -0.4 is 20.8 Å². The fourth-order valence-electron chi connectivity index (χ4n) is 4.90. The molecule has 0 bridgehead atoms. The molecule has 4 aromatic rings. The second kappa shape index (κ2) is 9.97. The maximum absolute atomic E-state index is 13.7. The minimum absolute atomic E-state index is 0.117. The van der Waals surface area contributed by atoms with Gasteiger partial charge in [-0.25, -0.2) is 14.6 Å². The van der Waals surface area contributed by atoms with Crippen molar-refractivity contribution in [2.24, 2.45) is 7.05 Å². The molecule has 0 unspecified atom stereocenters. The Balaban J connectivity index is 1.48. The van der Waals surface area contributed by atoms with E-state index in [1.54, 1.807) is 48.3 Å². The van der Waals surface area contributed by atoms with Crippen LogP contribution in [-0.4, -0.2) is 50.9 Å². The van der Waals surface area contributed by atoms with Gasteiger partial charge in [0.1, 0.15) is 12.1 Å². The number of anilines is 2. The van der Waals surface area contributed by atoms with Crippen LogP contribution in [-0.2, 0) is 13.5 Å². The largest absolute Gasteiger partial charge is 0.355 e. The van der Waals surface area contributed by atoms with Gasteiger partial charge in [-0.05, 0) is 60.9 Å². The standard InChI is InChI=1S/C28H29N7O3/c1-5-23-24(19-9-11-21(12-10-19)35-27(37)32(4)17-31-35)13-14-30-25(23)33-16-18(2)34(28(33)38)22-8-6-7-20(15-22)26(36)29-3/h6-15,17-18H,5,16H2,1-4H3,(H,29,36)/t18-/m1/s1. The van der Waals surface area contributed by atoms with Gasteiger partial charge in [-0.1, -0.05) is 25.1 Å². The van der Waals surface area contributed by atoms with E-state index < -0.39 is 0 Å². The van der Waals surface area contributed by atoms with E-state index in [2.05, 4.69) is 15.4 Å². The highest BCUT2D eigenvalue weighted by Crippen LogP contribution is 2.35. The first kappa shape index (κ1) is 24.9. The van der Waals surface area contributed by atoms with Gasteiger partial charge in [0.2, 0.25) is 0 Å². The van der Waals surface area contributed by atoms with Crippen LogP contribution in [0.15, 0.2) is 71.9 Å². The van der Waals surface area contributed by atoms with E-state index in [4.69, 9.17) is 0 Å². The molecule has 1 N–H and O–H groups in total. The number of hydrogen-bond donors (Lipinski definition) is 1. The van der Waals surface area contributed by atoms with Gasteiger partial charge < -0.3 is 5.32 Å². The summed E-state index contributed by atoms with van der Waals surface area (Å²) in [7, 11) is 3.24. The Bertz CT molecular complexity index is 1570. The fraction of sp³-hybridized carbons (Fsp3) is 0.250. The molecule has 1 atom stereocenters. The van der Waals surface area contributed by atoms with Gasteiger partial charge >= 0.3 is 11.7 Å². The number of hydrogen-bond acceptors (Lipinski definition) is 5. The molecule has 1 aliphatic heterocycles. The molecule has 194 valence electrons. The number of nitrogens with zero attached hydrogens (tertiary/aromatic N) is 6. The van der Waals surface area contributed by atoms with Gasteiger partial charge in [-0.3, -0.25) is 19.2 Å². The van der Waals surface area contributed by atoms with Crippen LogP contribution in [0.2, 0.25) is 0 Å². The molecule has 1 fully saturated rings. The lowest BCUT2D eigenvalue weighted by molar-refractivity contribution is 0.0963. The number of urea groups is 1. The van der Waals surface area contributed by atoms with E-state index >= 15 is 0 Å². The Morgan fingerprint density at radius 2 is 1.84 bits per heavy atom. The van der Waals surface area contributed by atoms with Gasteiger partial charge in [0.15, 0.2) is 0 Å². The summed E-state index contributed by atoms with van der Waals surface area (Å²) in [6.07, 6.45) is 3.87. The zero-order chi connectivity index (χ0) is 27.0. The molecule has 1 saturated heterocycles. The van der Waals surface area contributed by atoms with Gasteiger partial charge in [0.25, 0.3) is 5.91 Å². The van der Waals surface area contributed by atoms with Crippen molar-refractivity contribution in [1.29, 1.82) is 0 Å². The molecule has 0 radical (unpaired) electrons. The van der Waals surface area contributed by atoms with E-state index in [0.29, 0.717) is 35.7 Å². The lowest BCUT2D eigenvalue weighted by atomic mass is 9.98. The van der Waals surface area contributed by atoms with Crippen LogP contribution in [0.5, 0.6) is 0 Å². The molecule has 0 spiro atoms. The van der Waals surface area contributed by atoms with Gasteiger partial charge in [-0.2, -0.15) is 9.78 Å². The van der Waals surface area contributed by atoms with E-state index in [1.807, 2.05) is 50.2 Å². The zero-order valence-electron chi connectivity index (χ0n) is 21.8. The molecule has 1 aliphatic rings. The van der Waals surface area contributed by atoms with Crippen LogP contribution in [0, 0.1) is 0 Å². The predicted molar refractivity (Wildman–Crippen MR) is 146 cm³/mol. The summed E-state index contributed by atoms with van der Waals surface area (Å²) < 4.78 is 2.77. The molecule has 2 aromatic heterocycles. The number of rotatable bonds is 6. The van der Waals surface area contributed by atoms with Crippen LogP contribution >= 0.6 is 0 Å². The number of aromatic nitrogens is 4. The monoisotopic (exact) mass is 511 g/mol. The first-order valence-corrected chi connectivity index (χ1v) is 12.5. The van der Waals surface area contributed by atoms with Crippen molar-refractivity contribution in [3.63, 3.8) is 0 Å². The Morgan fingerprint density at radius 1 is 1.08 bits per heavy atom. The van der Waals surface area contributed by atoms with Crippen molar-refractivity contribution in [1.82, 2.24) is 24.6 Å². The third kappa shape index (κ3) is 4.23. The number of pyridine rings is 1.